The van der Waals surface area contributed by atoms with Crippen LogP contribution >= 0.6 is 0 Å². The third kappa shape index (κ3) is 2.04. The third-order valence-electron chi connectivity index (χ3n) is 2.45. The molecule has 0 aliphatic carbocycles. The molecule has 14 heavy (non-hydrogen) atoms. The molecule has 0 aromatic carbocycles. The molecule has 1 aromatic rings. The Kier molecular flexibility index (Phi) is 3.11. The van der Waals surface area contributed by atoms with Gasteiger partial charge in [-0.05, 0) is 19.8 Å². The zero-order chi connectivity index (χ0) is 10.9. The lowest BCUT2D eigenvalue weighted by molar-refractivity contribution is 0.507. The van der Waals surface area contributed by atoms with Gasteiger partial charge in [-0.25, -0.2) is 0 Å². The summed E-state index contributed by atoms with van der Waals surface area (Å²) < 4.78 is 0. The average molecular weight is 194 g/mol. The van der Waals surface area contributed by atoms with Crippen molar-refractivity contribution >= 4 is 0 Å². The van der Waals surface area contributed by atoms with Gasteiger partial charge in [-0.1, -0.05) is 13.8 Å². The molecule has 3 heteroatoms. The van der Waals surface area contributed by atoms with Crippen molar-refractivity contribution in [2.24, 2.45) is 11.7 Å². The van der Waals surface area contributed by atoms with E-state index < -0.39 is 0 Å². The fraction of sp³-hybridized carbons (Fsp3) is 0.545. The quantitative estimate of drug-likeness (QED) is 0.752. The lowest BCUT2D eigenvalue weighted by Crippen LogP contribution is -2.26. The van der Waals surface area contributed by atoms with E-state index in [9.17, 15) is 4.79 Å². The van der Waals surface area contributed by atoms with E-state index in [0.717, 1.165) is 11.4 Å². The lowest BCUT2D eigenvalue weighted by atomic mass is 9.95. The number of aryl methyl sites for hydroxylation is 2. The summed E-state index contributed by atoms with van der Waals surface area (Å²) in [6.07, 6.45) is 0. The normalized spacial score (nSPS) is 13.3. The number of hydrogen-bond donors (Lipinski definition) is 2. The molecule has 1 atom stereocenters. The molecule has 0 saturated heterocycles. The van der Waals surface area contributed by atoms with E-state index in [1.54, 1.807) is 6.07 Å². The first-order valence-electron chi connectivity index (χ1n) is 4.89. The first kappa shape index (κ1) is 11.0. The second kappa shape index (κ2) is 3.96. The van der Waals surface area contributed by atoms with Crippen LogP contribution in [0.15, 0.2) is 10.9 Å². The van der Waals surface area contributed by atoms with Gasteiger partial charge in [0.2, 0.25) is 0 Å². The van der Waals surface area contributed by atoms with Gasteiger partial charge in [-0.3, -0.25) is 4.79 Å². The van der Waals surface area contributed by atoms with Gasteiger partial charge >= 0.3 is 0 Å². The molecule has 3 nitrogen and oxygen atoms in total. The molecule has 0 aliphatic heterocycles. The SMILES string of the molecule is Cc1cc(=O)c(C(N)C(C)C)c(C)[nH]1. The van der Waals surface area contributed by atoms with Crippen LogP contribution in [0.4, 0.5) is 0 Å². The molecule has 0 radical (unpaired) electrons. The van der Waals surface area contributed by atoms with E-state index in [-0.39, 0.29) is 17.4 Å². The maximum Gasteiger partial charge on any atom is 0.186 e. The highest BCUT2D eigenvalue weighted by atomic mass is 16.1. The number of hydrogen-bond acceptors (Lipinski definition) is 2. The first-order valence-corrected chi connectivity index (χ1v) is 4.89. The minimum absolute atomic E-state index is 0.0416. The standard InChI is InChI=1S/C11H18N2O/c1-6(2)11(12)10-8(4)13-7(3)5-9(10)14/h5-6,11H,12H2,1-4H3,(H,13,14). The molecule has 78 valence electrons. The van der Waals surface area contributed by atoms with Gasteiger partial charge in [0.1, 0.15) is 0 Å². The van der Waals surface area contributed by atoms with Gasteiger partial charge in [0.25, 0.3) is 0 Å². The highest BCUT2D eigenvalue weighted by Gasteiger charge is 2.16. The summed E-state index contributed by atoms with van der Waals surface area (Å²) in [5, 5.41) is 0. The average Bonchev–Trinajstić information content (AvgIpc) is 2.01. The molecule has 0 fully saturated rings. The Labute approximate surface area is 84.3 Å². The van der Waals surface area contributed by atoms with E-state index in [4.69, 9.17) is 5.73 Å². The fourth-order valence-electron chi connectivity index (χ4n) is 1.61. The van der Waals surface area contributed by atoms with Gasteiger partial charge in [0.05, 0.1) is 0 Å². The number of aromatic nitrogens is 1. The topological polar surface area (TPSA) is 58.9 Å². The predicted octanol–water partition coefficient (Wildman–Crippen LogP) is 1.65. The molecule has 1 aromatic heterocycles. The number of aromatic amines is 1. The number of nitrogens with one attached hydrogen (secondary N) is 1. The van der Waals surface area contributed by atoms with Crippen LogP contribution in [-0.4, -0.2) is 4.98 Å². The van der Waals surface area contributed by atoms with Gasteiger partial charge in [0, 0.05) is 29.1 Å². The van der Waals surface area contributed by atoms with Crippen LogP contribution < -0.4 is 11.2 Å². The van der Waals surface area contributed by atoms with Gasteiger partial charge in [0.15, 0.2) is 5.43 Å². The number of rotatable bonds is 2. The summed E-state index contributed by atoms with van der Waals surface area (Å²) in [4.78, 5) is 14.8. The summed E-state index contributed by atoms with van der Waals surface area (Å²) in [5.41, 5.74) is 8.49. The Morgan fingerprint density at radius 1 is 1.36 bits per heavy atom. The van der Waals surface area contributed by atoms with E-state index >= 15 is 0 Å². The van der Waals surface area contributed by atoms with Crippen LogP contribution in [0.3, 0.4) is 0 Å². The molecule has 0 amide bonds. The van der Waals surface area contributed by atoms with Crippen molar-refractivity contribution in [2.75, 3.05) is 0 Å². The van der Waals surface area contributed by atoms with Gasteiger partial charge < -0.3 is 10.7 Å². The Morgan fingerprint density at radius 3 is 2.36 bits per heavy atom. The highest BCUT2D eigenvalue weighted by molar-refractivity contribution is 5.25. The van der Waals surface area contributed by atoms with Gasteiger partial charge in [-0.15, -0.1) is 0 Å². The molecule has 1 unspecified atom stereocenters. The summed E-state index contributed by atoms with van der Waals surface area (Å²) in [7, 11) is 0. The Balaban J connectivity index is 3.28. The van der Waals surface area contributed by atoms with E-state index in [1.807, 2.05) is 27.7 Å². The highest BCUT2D eigenvalue weighted by Crippen LogP contribution is 2.17. The summed E-state index contributed by atoms with van der Waals surface area (Å²) in [6, 6.07) is 1.42. The van der Waals surface area contributed by atoms with Crippen LogP contribution in [0.5, 0.6) is 0 Å². The zero-order valence-corrected chi connectivity index (χ0v) is 9.22. The van der Waals surface area contributed by atoms with Crippen molar-refractivity contribution in [1.29, 1.82) is 0 Å². The lowest BCUT2D eigenvalue weighted by Gasteiger charge is -2.17. The van der Waals surface area contributed by atoms with E-state index in [0.29, 0.717) is 5.56 Å². The third-order valence-corrected chi connectivity index (χ3v) is 2.45. The van der Waals surface area contributed by atoms with E-state index in [1.165, 1.54) is 0 Å². The molecule has 1 rings (SSSR count). The first-order chi connectivity index (χ1) is 6.43. The van der Waals surface area contributed by atoms with Crippen LogP contribution in [0.1, 0.15) is 36.8 Å². The minimum atomic E-state index is -0.181. The van der Waals surface area contributed by atoms with Crippen molar-refractivity contribution in [1.82, 2.24) is 4.98 Å². The molecule has 0 saturated carbocycles. The Bertz CT molecular complexity index is 379. The molecule has 0 aliphatic rings. The Hall–Kier alpha value is -1.09. The maximum atomic E-state index is 11.7. The van der Waals surface area contributed by atoms with Crippen molar-refractivity contribution in [3.63, 3.8) is 0 Å². The summed E-state index contributed by atoms with van der Waals surface area (Å²) in [6.45, 7) is 7.80. The van der Waals surface area contributed by atoms with Crippen molar-refractivity contribution in [3.8, 4) is 0 Å². The monoisotopic (exact) mass is 194 g/mol. The zero-order valence-electron chi connectivity index (χ0n) is 9.22. The van der Waals surface area contributed by atoms with Crippen LogP contribution in [0.2, 0.25) is 0 Å². The van der Waals surface area contributed by atoms with Crippen LogP contribution in [-0.2, 0) is 0 Å². The maximum absolute atomic E-state index is 11.7. The second-order valence-electron chi connectivity index (χ2n) is 4.13. The Morgan fingerprint density at radius 2 is 1.93 bits per heavy atom. The van der Waals surface area contributed by atoms with Crippen molar-refractivity contribution in [2.45, 2.75) is 33.7 Å². The largest absolute Gasteiger partial charge is 0.362 e. The molecular formula is C11H18N2O. The van der Waals surface area contributed by atoms with Crippen LogP contribution in [0.25, 0.3) is 0 Å². The fourth-order valence-corrected chi connectivity index (χ4v) is 1.61. The summed E-state index contributed by atoms with van der Waals surface area (Å²) >= 11 is 0. The molecule has 0 bridgehead atoms. The molecule has 3 N–H and O–H groups in total. The smallest absolute Gasteiger partial charge is 0.186 e. The molecule has 0 spiro atoms. The summed E-state index contributed by atoms with van der Waals surface area (Å²) in [5.74, 6) is 0.275. The van der Waals surface area contributed by atoms with Gasteiger partial charge in [-0.2, -0.15) is 0 Å². The van der Waals surface area contributed by atoms with Crippen LogP contribution in [0, 0.1) is 19.8 Å². The number of pyridine rings is 1. The van der Waals surface area contributed by atoms with Crippen molar-refractivity contribution < 1.29 is 0 Å². The van der Waals surface area contributed by atoms with Crippen molar-refractivity contribution in [3.05, 3.63) is 33.2 Å². The number of H-pyrrole nitrogens is 1. The predicted molar refractivity (Wildman–Crippen MR) is 58.3 cm³/mol. The minimum Gasteiger partial charge on any atom is -0.362 e. The second-order valence-corrected chi connectivity index (χ2v) is 4.13. The number of nitrogens with two attached hydrogens (primary N) is 1. The molecule has 1 heterocycles. The van der Waals surface area contributed by atoms with E-state index in [2.05, 4.69) is 4.98 Å². The molecular weight excluding hydrogens is 176 g/mol.